The molecule has 0 bridgehead atoms. The molecule has 2 aliphatic rings. The van der Waals surface area contributed by atoms with E-state index < -0.39 is 11.5 Å². The van der Waals surface area contributed by atoms with E-state index in [1.165, 1.54) is 6.07 Å². The van der Waals surface area contributed by atoms with E-state index in [4.69, 9.17) is 0 Å². The fraction of sp³-hybridized carbons (Fsp3) is 0.391. The van der Waals surface area contributed by atoms with Crippen molar-refractivity contribution in [1.29, 1.82) is 0 Å². The zero-order valence-corrected chi connectivity index (χ0v) is 15.9. The molecule has 4 rings (SSSR count). The van der Waals surface area contributed by atoms with Crippen LogP contribution in [0.3, 0.4) is 0 Å². The molecule has 2 aromatic carbocycles. The molecule has 1 aliphatic carbocycles. The maximum Gasteiger partial charge on any atom is 0.249 e. The number of nitrogens with one attached hydrogen (secondary N) is 1. The summed E-state index contributed by atoms with van der Waals surface area (Å²) >= 11 is 0. The molecule has 2 amide bonds. The molecule has 1 atom stereocenters. The lowest BCUT2D eigenvalue weighted by Crippen LogP contribution is -2.47. The Hall–Kier alpha value is -2.69. The molecule has 28 heavy (non-hydrogen) atoms. The maximum atomic E-state index is 14.3. The minimum atomic E-state index is -0.861. The predicted octanol–water partition coefficient (Wildman–Crippen LogP) is 3.73. The van der Waals surface area contributed by atoms with Crippen LogP contribution in [0, 0.1) is 5.82 Å². The summed E-state index contributed by atoms with van der Waals surface area (Å²) in [4.78, 5) is 28.3. The van der Waals surface area contributed by atoms with Gasteiger partial charge in [0.2, 0.25) is 11.8 Å². The molecule has 146 valence electrons. The van der Waals surface area contributed by atoms with Crippen molar-refractivity contribution in [2.75, 3.05) is 13.1 Å². The fourth-order valence-corrected chi connectivity index (χ4v) is 4.09. The third kappa shape index (κ3) is 3.53. The highest BCUT2D eigenvalue weighted by Crippen LogP contribution is 2.49. The molecular weight excluding hydrogens is 355 g/mol. The molecule has 1 aliphatic heterocycles. The lowest BCUT2D eigenvalue weighted by molar-refractivity contribution is -0.138. The third-order valence-corrected chi connectivity index (χ3v) is 5.90. The number of rotatable bonds is 5. The second kappa shape index (κ2) is 7.74. The molecule has 1 saturated carbocycles. The van der Waals surface area contributed by atoms with E-state index >= 15 is 0 Å². The molecule has 0 spiro atoms. The SMILES string of the molecule is O=C(C(NC(=O)C1(c2ccccc2F)CC1)c1ccccc1)N1CCCCC1. The summed E-state index contributed by atoms with van der Waals surface area (Å²) < 4.78 is 14.3. The Balaban J connectivity index is 1.60. The third-order valence-electron chi connectivity index (χ3n) is 5.90. The van der Waals surface area contributed by atoms with Crippen LogP contribution in [0.4, 0.5) is 4.39 Å². The minimum absolute atomic E-state index is 0.0800. The van der Waals surface area contributed by atoms with E-state index in [1.54, 1.807) is 18.2 Å². The smallest absolute Gasteiger partial charge is 0.249 e. The molecule has 1 heterocycles. The first-order valence-electron chi connectivity index (χ1n) is 10.0. The highest BCUT2D eigenvalue weighted by atomic mass is 19.1. The first-order valence-corrected chi connectivity index (χ1v) is 10.0. The Labute approximate surface area is 164 Å². The van der Waals surface area contributed by atoms with Gasteiger partial charge in [-0.05, 0) is 43.7 Å². The van der Waals surface area contributed by atoms with Gasteiger partial charge in [0.1, 0.15) is 11.9 Å². The molecule has 2 fully saturated rings. The summed E-state index contributed by atoms with van der Waals surface area (Å²) in [6.45, 7) is 1.44. The van der Waals surface area contributed by atoms with Crippen LogP contribution >= 0.6 is 0 Å². The average Bonchev–Trinajstić information content (AvgIpc) is 3.55. The number of piperidine rings is 1. The number of amides is 2. The molecule has 0 radical (unpaired) electrons. The van der Waals surface area contributed by atoms with Gasteiger partial charge in [-0.3, -0.25) is 9.59 Å². The highest BCUT2D eigenvalue weighted by molar-refractivity contribution is 5.95. The van der Waals surface area contributed by atoms with E-state index in [2.05, 4.69) is 5.32 Å². The summed E-state index contributed by atoms with van der Waals surface area (Å²) in [5.74, 6) is -0.714. The molecule has 4 nitrogen and oxygen atoms in total. The van der Waals surface area contributed by atoms with E-state index in [1.807, 2.05) is 35.2 Å². The summed E-state index contributed by atoms with van der Waals surface area (Å²) in [6.07, 6.45) is 4.29. The molecule has 1 N–H and O–H groups in total. The molecular formula is C23H25FN2O2. The van der Waals surface area contributed by atoms with Gasteiger partial charge >= 0.3 is 0 Å². The van der Waals surface area contributed by atoms with E-state index in [-0.39, 0.29) is 17.6 Å². The van der Waals surface area contributed by atoms with Gasteiger partial charge in [-0.25, -0.2) is 4.39 Å². The maximum absolute atomic E-state index is 14.3. The molecule has 2 aromatic rings. The van der Waals surface area contributed by atoms with Gasteiger partial charge in [-0.2, -0.15) is 0 Å². The number of carbonyl (C=O) groups is 2. The number of hydrogen-bond donors (Lipinski definition) is 1. The number of halogens is 1. The molecule has 1 saturated heterocycles. The molecule has 0 aromatic heterocycles. The Morgan fingerprint density at radius 3 is 2.21 bits per heavy atom. The quantitative estimate of drug-likeness (QED) is 0.859. The van der Waals surface area contributed by atoms with E-state index in [9.17, 15) is 14.0 Å². The van der Waals surface area contributed by atoms with Crippen LogP contribution in [0.25, 0.3) is 0 Å². The Morgan fingerprint density at radius 2 is 1.57 bits per heavy atom. The standard InChI is InChI=1S/C23H25FN2O2/c24-19-12-6-5-11-18(19)23(13-14-23)22(28)25-20(17-9-3-1-4-10-17)21(27)26-15-7-2-8-16-26/h1,3-6,9-12,20H,2,7-8,13-16H2,(H,25,28). The second-order valence-electron chi connectivity index (χ2n) is 7.77. The molecule has 5 heteroatoms. The van der Waals surface area contributed by atoms with Crippen molar-refractivity contribution in [3.8, 4) is 0 Å². The number of nitrogens with zero attached hydrogens (tertiary/aromatic N) is 1. The van der Waals surface area contributed by atoms with E-state index in [0.717, 1.165) is 37.9 Å². The van der Waals surface area contributed by atoms with Crippen LogP contribution < -0.4 is 5.32 Å². The summed E-state index contributed by atoms with van der Waals surface area (Å²) in [5.41, 5.74) is 0.320. The topological polar surface area (TPSA) is 49.4 Å². The minimum Gasteiger partial charge on any atom is -0.341 e. The average molecular weight is 380 g/mol. The number of likely N-dealkylation sites (tertiary alicyclic amines) is 1. The van der Waals surface area contributed by atoms with Crippen molar-refractivity contribution in [3.05, 3.63) is 71.5 Å². The molecule has 1 unspecified atom stereocenters. The van der Waals surface area contributed by atoms with Crippen molar-refractivity contribution in [2.24, 2.45) is 0 Å². The number of carbonyl (C=O) groups excluding carboxylic acids is 2. The Bertz CT molecular complexity index is 858. The van der Waals surface area contributed by atoms with Crippen LogP contribution in [-0.2, 0) is 15.0 Å². The normalized spacial score (nSPS) is 19.0. The van der Waals surface area contributed by atoms with Crippen LogP contribution in [-0.4, -0.2) is 29.8 Å². The van der Waals surface area contributed by atoms with Gasteiger partial charge in [0.25, 0.3) is 0 Å². The van der Waals surface area contributed by atoms with Crippen molar-refractivity contribution in [3.63, 3.8) is 0 Å². The van der Waals surface area contributed by atoms with Crippen LogP contribution in [0.1, 0.15) is 49.3 Å². The lowest BCUT2D eigenvalue weighted by Gasteiger charge is -2.31. The fourth-order valence-electron chi connectivity index (χ4n) is 4.09. The largest absolute Gasteiger partial charge is 0.341 e. The van der Waals surface area contributed by atoms with E-state index in [0.29, 0.717) is 18.4 Å². The van der Waals surface area contributed by atoms with Crippen LogP contribution in [0.2, 0.25) is 0 Å². The Morgan fingerprint density at radius 1 is 0.929 bits per heavy atom. The first kappa shape index (κ1) is 18.7. The van der Waals surface area contributed by atoms with Gasteiger partial charge in [0, 0.05) is 18.7 Å². The van der Waals surface area contributed by atoms with Crippen molar-refractivity contribution in [1.82, 2.24) is 10.2 Å². The number of hydrogen-bond acceptors (Lipinski definition) is 2. The predicted molar refractivity (Wildman–Crippen MR) is 105 cm³/mol. The van der Waals surface area contributed by atoms with Gasteiger partial charge in [-0.1, -0.05) is 48.5 Å². The summed E-state index contributed by atoms with van der Waals surface area (Å²) in [5, 5.41) is 2.96. The highest BCUT2D eigenvalue weighted by Gasteiger charge is 2.53. The summed E-state index contributed by atoms with van der Waals surface area (Å²) in [6, 6.07) is 15.0. The Kier molecular flexibility index (Phi) is 5.16. The van der Waals surface area contributed by atoms with Gasteiger partial charge in [0.05, 0.1) is 5.41 Å². The zero-order chi connectivity index (χ0) is 19.6. The second-order valence-corrected chi connectivity index (χ2v) is 7.77. The van der Waals surface area contributed by atoms with Gasteiger partial charge < -0.3 is 10.2 Å². The first-order chi connectivity index (χ1) is 13.6. The summed E-state index contributed by atoms with van der Waals surface area (Å²) in [7, 11) is 0. The van der Waals surface area contributed by atoms with Crippen molar-refractivity contribution >= 4 is 11.8 Å². The van der Waals surface area contributed by atoms with Gasteiger partial charge in [0.15, 0.2) is 0 Å². The van der Waals surface area contributed by atoms with Crippen molar-refractivity contribution in [2.45, 2.75) is 43.6 Å². The van der Waals surface area contributed by atoms with Crippen molar-refractivity contribution < 1.29 is 14.0 Å². The van der Waals surface area contributed by atoms with Gasteiger partial charge in [-0.15, -0.1) is 0 Å². The van der Waals surface area contributed by atoms with Crippen LogP contribution in [0.5, 0.6) is 0 Å². The number of benzene rings is 2. The lowest BCUT2D eigenvalue weighted by atomic mass is 9.93. The monoisotopic (exact) mass is 380 g/mol. The zero-order valence-electron chi connectivity index (χ0n) is 15.9. The van der Waals surface area contributed by atoms with Crippen LogP contribution in [0.15, 0.2) is 54.6 Å².